The van der Waals surface area contributed by atoms with Gasteiger partial charge in [-0.25, -0.2) is 9.59 Å². The van der Waals surface area contributed by atoms with E-state index < -0.39 is 93.6 Å². The molecule has 4 bridgehead atoms. The van der Waals surface area contributed by atoms with Crippen molar-refractivity contribution in [3.63, 3.8) is 0 Å². The van der Waals surface area contributed by atoms with E-state index in [1.807, 2.05) is 43.0 Å². The van der Waals surface area contributed by atoms with E-state index in [0.717, 1.165) is 5.69 Å². The number of anilines is 1. The molecule has 2 aliphatic heterocycles. The molecule has 6 fully saturated rings. The summed E-state index contributed by atoms with van der Waals surface area (Å²) in [5.41, 5.74) is -2.67. The Balaban J connectivity index is 1.38. The first kappa shape index (κ1) is 40.8. The van der Waals surface area contributed by atoms with Gasteiger partial charge in [0.25, 0.3) is 0 Å². The van der Waals surface area contributed by atoms with Crippen LogP contribution in [-0.2, 0) is 39.8 Å². The van der Waals surface area contributed by atoms with Gasteiger partial charge in [-0.15, -0.1) is 23.2 Å². The number of rotatable bonds is 11. The van der Waals surface area contributed by atoms with Crippen LogP contribution in [0.3, 0.4) is 0 Å². The molecule has 1 amide bonds. The van der Waals surface area contributed by atoms with Gasteiger partial charge in [0, 0.05) is 61.1 Å². The fraction of sp³-hybridized carbons (Fsp3) is 0.700. The minimum Gasteiger partial charge on any atom is -0.462 e. The number of amides is 1. The van der Waals surface area contributed by atoms with Gasteiger partial charge in [0.05, 0.1) is 6.61 Å². The summed E-state index contributed by atoms with van der Waals surface area (Å²) in [6.07, 6.45) is -2.57. The van der Waals surface area contributed by atoms with Crippen LogP contribution < -0.4 is 10.2 Å². The highest BCUT2D eigenvalue weighted by Crippen LogP contribution is 2.77. The van der Waals surface area contributed by atoms with Crippen molar-refractivity contribution >= 4 is 52.7 Å². The first-order valence-electron chi connectivity index (χ1n) is 18.9. The second-order valence-corrected chi connectivity index (χ2v) is 18.2. The van der Waals surface area contributed by atoms with E-state index in [4.69, 9.17) is 42.1 Å². The number of aliphatic hydroxyl groups is 2. The molecule has 298 valence electrons. The normalized spacial score (nSPS) is 35.4. The van der Waals surface area contributed by atoms with Crippen molar-refractivity contribution in [2.45, 2.75) is 109 Å². The number of alkyl halides is 2. The Labute approximate surface area is 327 Å². The summed E-state index contributed by atoms with van der Waals surface area (Å²) in [5, 5.41) is 27.7. The molecule has 2 saturated heterocycles. The van der Waals surface area contributed by atoms with Crippen LogP contribution in [0, 0.1) is 34.0 Å². The zero-order chi connectivity index (χ0) is 39.6. The first-order valence-corrected chi connectivity index (χ1v) is 20.0. The molecule has 7 rings (SSSR count). The summed E-state index contributed by atoms with van der Waals surface area (Å²) in [4.78, 5) is 57.0. The molecule has 2 heterocycles. The Kier molecular flexibility index (Phi) is 11.0. The number of carbonyl (C=O) groups is 4. The molecule has 6 aliphatic rings. The van der Waals surface area contributed by atoms with Crippen LogP contribution in [0.5, 0.6) is 0 Å². The van der Waals surface area contributed by atoms with Crippen LogP contribution in [0.4, 0.5) is 10.5 Å². The zero-order valence-electron chi connectivity index (χ0n) is 32.0. The average molecular weight is 794 g/mol. The topological polar surface area (TPSA) is 161 Å². The number of ketones is 1. The number of nitrogens with zero attached hydrogens (tertiary/aromatic N) is 1. The molecule has 0 radical (unpaired) electrons. The molecule has 0 aromatic heterocycles. The van der Waals surface area contributed by atoms with Crippen LogP contribution in [0.25, 0.3) is 0 Å². The SMILES string of the molecule is C=C1C(=O)C23C(CCC1[C@H]2OC(=O)[C@H](Cc1ccc(N(CCCl)CCCl)cc1)NC(=O)OC(C)(C)C)C12CO[C@@]3(O)[C@@H](O)[C@@H]1C(C)(C)CC[C@@H]2OC(C)=O. The Hall–Kier alpha value is -2.90. The van der Waals surface area contributed by atoms with E-state index in [0.29, 0.717) is 56.1 Å². The summed E-state index contributed by atoms with van der Waals surface area (Å²) in [7, 11) is 0. The van der Waals surface area contributed by atoms with E-state index in [9.17, 15) is 29.4 Å². The van der Waals surface area contributed by atoms with E-state index in [2.05, 4.69) is 11.9 Å². The molecule has 4 aliphatic carbocycles. The molecule has 3 N–H and O–H groups in total. The van der Waals surface area contributed by atoms with Crippen LogP contribution in [0.1, 0.15) is 72.8 Å². The molecule has 14 heteroatoms. The number of esters is 2. The maximum atomic E-state index is 14.8. The molecule has 4 saturated carbocycles. The number of hydrogen-bond acceptors (Lipinski definition) is 11. The Morgan fingerprint density at radius 1 is 1.07 bits per heavy atom. The van der Waals surface area contributed by atoms with Crippen LogP contribution in [0.15, 0.2) is 36.4 Å². The third kappa shape index (κ3) is 6.41. The molecule has 2 spiro atoms. The summed E-state index contributed by atoms with van der Waals surface area (Å²) >= 11 is 12.0. The number of aliphatic hydroxyl groups excluding tert-OH is 1. The maximum absolute atomic E-state index is 14.8. The van der Waals surface area contributed by atoms with E-state index in [-0.39, 0.29) is 18.6 Å². The van der Waals surface area contributed by atoms with Gasteiger partial charge in [-0.3, -0.25) is 9.59 Å². The molecular weight excluding hydrogens is 739 g/mol. The standard InChI is InChI=1S/C40H54Cl2N2O10/c1-22-26-12-13-28-38-21-51-40(50,32(47)30(38)37(6,7)15-14-29(38)52-23(2)45)39(28,31(22)46)33(26)53-34(48)27(43-35(49)54-36(3,4)5)20-24-8-10-25(11-9-24)44(18-16-41)19-17-42/h8-11,26-30,32-33,47,50H,1,12-21H2,2-7H3,(H,43,49)/t26?,27-,28?,29-,30+,32-,33+,38?,39?,40-/m0/s1. The Morgan fingerprint density at radius 3 is 2.31 bits per heavy atom. The predicted molar refractivity (Wildman–Crippen MR) is 201 cm³/mol. The number of halogens is 2. The van der Waals surface area contributed by atoms with E-state index in [1.54, 1.807) is 20.8 Å². The third-order valence-electron chi connectivity index (χ3n) is 12.8. The lowest BCUT2D eigenvalue weighted by Gasteiger charge is -2.74. The highest BCUT2D eigenvalue weighted by molar-refractivity contribution is 6.18. The van der Waals surface area contributed by atoms with Crippen LogP contribution in [-0.4, -0.2) is 101 Å². The second-order valence-electron chi connectivity index (χ2n) is 17.4. The van der Waals surface area contributed by atoms with Crippen LogP contribution in [0.2, 0.25) is 0 Å². The third-order valence-corrected chi connectivity index (χ3v) is 13.1. The maximum Gasteiger partial charge on any atom is 0.408 e. The molecule has 4 unspecified atom stereocenters. The molecule has 12 nitrogen and oxygen atoms in total. The average Bonchev–Trinajstić information content (AvgIpc) is 3.19. The number of benzene rings is 1. The molecule has 1 aromatic rings. The van der Waals surface area contributed by atoms with Crippen molar-refractivity contribution in [2.24, 2.45) is 34.0 Å². The number of alkyl carbamates (subject to hydrolysis) is 1. The summed E-state index contributed by atoms with van der Waals surface area (Å²) < 4.78 is 24.2. The smallest absolute Gasteiger partial charge is 0.408 e. The minimum absolute atomic E-state index is 0.00416. The quantitative estimate of drug-likeness (QED) is 0.121. The van der Waals surface area contributed by atoms with Crippen molar-refractivity contribution in [3.05, 3.63) is 42.0 Å². The molecular formula is C40H54Cl2N2O10. The zero-order valence-corrected chi connectivity index (χ0v) is 33.5. The number of nitrogens with one attached hydrogen (secondary N) is 1. The van der Waals surface area contributed by atoms with E-state index in [1.165, 1.54) is 6.92 Å². The van der Waals surface area contributed by atoms with Crippen molar-refractivity contribution in [1.29, 1.82) is 0 Å². The first-order chi connectivity index (χ1) is 25.3. The van der Waals surface area contributed by atoms with E-state index >= 15 is 0 Å². The highest BCUT2D eigenvalue weighted by atomic mass is 35.5. The number of fused-ring (bicyclic) bond motifs is 2. The monoisotopic (exact) mass is 792 g/mol. The van der Waals surface area contributed by atoms with Gasteiger partial charge in [-0.1, -0.05) is 32.6 Å². The lowest BCUT2D eigenvalue weighted by molar-refractivity contribution is -0.458. The number of ether oxygens (including phenoxy) is 4. The van der Waals surface area contributed by atoms with Crippen molar-refractivity contribution in [2.75, 3.05) is 36.4 Å². The number of Topliss-reactive ketones (excluding diaryl/α,β-unsaturated/α-hetero) is 1. The Bertz CT molecular complexity index is 1660. The largest absolute Gasteiger partial charge is 0.462 e. The highest BCUT2D eigenvalue weighted by Gasteiger charge is 2.88. The predicted octanol–water partition coefficient (Wildman–Crippen LogP) is 4.92. The van der Waals surface area contributed by atoms with Gasteiger partial charge < -0.3 is 39.4 Å². The van der Waals surface area contributed by atoms with Gasteiger partial charge in [-0.2, -0.15) is 0 Å². The lowest BCUT2D eigenvalue weighted by Crippen LogP contribution is -2.86. The Morgan fingerprint density at radius 2 is 1.72 bits per heavy atom. The van der Waals surface area contributed by atoms with Crippen molar-refractivity contribution in [1.82, 2.24) is 5.32 Å². The number of carbonyl (C=O) groups excluding carboxylic acids is 4. The van der Waals surface area contributed by atoms with Crippen molar-refractivity contribution in [3.8, 4) is 0 Å². The van der Waals surface area contributed by atoms with Gasteiger partial charge in [-0.05, 0) is 81.1 Å². The summed E-state index contributed by atoms with van der Waals surface area (Å²) in [6, 6.07) is 6.15. The second kappa shape index (κ2) is 14.6. The van der Waals surface area contributed by atoms with Gasteiger partial charge in [0.2, 0.25) is 5.79 Å². The lowest BCUT2D eigenvalue weighted by atomic mass is 9.35. The molecule has 10 atom stereocenters. The minimum atomic E-state index is -2.44. The van der Waals surface area contributed by atoms with Gasteiger partial charge in [0.1, 0.15) is 35.4 Å². The fourth-order valence-electron chi connectivity index (χ4n) is 10.9. The molecule has 1 aromatic carbocycles. The van der Waals surface area contributed by atoms with Crippen LogP contribution >= 0.6 is 23.2 Å². The summed E-state index contributed by atoms with van der Waals surface area (Å²) in [6.45, 7) is 15.7. The summed E-state index contributed by atoms with van der Waals surface area (Å²) in [5.74, 6) is -5.52. The number of hydrogen-bond donors (Lipinski definition) is 3. The van der Waals surface area contributed by atoms with Crippen molar-refractivity contribution < 1.29 is 48.3 Å². The van der Waals surface area contributed by atoms with Gasteiger partial charge in [0.15, 0.2) is 5.78 Å². The molecule has 54 heavy (non-hydrogen) atoms. The van der Waals surface area contributed by atoms with Gasteiger partial charge >= 0.3 is 18.0 Å². The fourth-order valence-corrected chi connectivity index (χ4v) is 11.3.